The van der Waals surface area contributed by atoms with Crippen molar-refractivity contribution in [2.45, 2.75) is 20.4 Å². The van der Waals surface area contributed by atoms with Crippen molar-refractivity contribution in [1.29, 1.82) is 0 Å². The molecule has 0 bridgehead atoms. The van der Waals surface area contributed by atoms with E-state index in [9.17, 15) is 19.7 Å². The Kier molecular flexibility index (Phi) is 6.01. The number of ether oxygens (including phenoxy) is 2. The van der Waals surface area contributed by atoms with Crippen LogP contribution in [0, 0.1) is 17.0 Å². The number of benzene rings is 1. The fourth-order valence-corrected chi connectivity index (χ4v) is 2.42. The molecule has 1 aromatic carbocycles. The number of furan rings is 1. The van der Waals surface area contributed by atoms with Gasteiger partial charge in [0.15, 0.2) is 11.5 Å². The molecule has 0 saturated carbocycles. The van der Waals surface area contributed by atoms with Gasteiger partial charge in [0, 0.05) is 6.07 Å². The number of aryl methyl sites for hydroxylation is 1. The number of rotatable bonds is 8. The minimum Gasteiger partial charge on any atom is -0.493 e. The number of amides is 1. The Hall–Kier alpha value is -3.56. The molecule has 0 aliphatic rings. The summed E-state index contributed by atoms with van der Waals surface area (Å²) in [7, 11) is 1.33. The predicted octanol–water partition coefficient (Wildman–Crippen LogP) is 2.53. The van der Waals surface area contributed by atoms with E-state index in [2.05, 4.69) is 5.32 Å². The second-order valence-corrected chi connectivity index (χ2v) is 5.38. The van der Waals surface area contributed by atoms with Crippen molar-refractivity contribution < 1.29 is 33.5 Å². The number of aromatic carboxylic acids is 1. The minimum absolute atomic E-state index is 0.0201. The summed E-state index contributed by atoms with van der Waals surface area (Å²) in [6.45, 7) is 3.34. The van der Waals surface area contributed by atoms with Crippen LogP contribution in [-0.4, -0.2) is 35.6 Å². The Morgan fingerprint density at radius 2 is 1.96 bits per heavy atom. The highest BCUT2D eigenvalue weighted by atomic mass is 16.6. The summed E-state index contributed by atoms with van der Waals surface area (Å²) < 4.78 is 15.7. The van der Waals surface area contributed by atoms with Gasteiger partial charge in [-0.3, -0.25) is 14.9 Å². The molecule has 0 saturated heterocycles. The van der Waals surface area contributed by atoms with E-state index in [4.69, 9.17) is 19.0 Å². The number of nitro groups is 1. The van der Waals surface area contributed by atoms with E-state index in [1.54, 1.807) is 6.92 Å². The molecule has 0 fully saturated rings. The van der Waals surface area contributed by atoms with Gasteiger partial charge in [0.1, 0.15) is 22.6 Å². The standard InChI is InChI=1S/C17H18N2O8/c1-4-26-15-6-12(13(19(23)24)7-14(15)25-3)16(20)18-8-10-5-11(17(21)22)9(2)27-10/h5-7H,4,8H2,1-3H3,(H,18,20)(H,21,22). The van der Waals surface area contributed by atoms with Gasteiger partial charge in [-0.25, -0.2) is 4.79 Å². The first-order valence-electron chi connectivity index (χ1n) is 7.88. The highest BCUT2D eigenvalue weighted by Gasteiger charge is 2.25. The van der Waals surface area contributed by atoms with Crippen LogP contribution in [0.1, 0.15) is 39.2 Å². The number of carbonyl (C=O) groups excluding carboxylic acids is 1. The quantitative estimate of drug-likeness (QED) is 0.527. The Morgan fingerprint density at radius 3 is 2.48 bits per heavy atom. The molecular weight excluding hydrogens is 360 g/mol. The zero-order chi connectivity index (χ0) is 20.1. The van der Waals surface area contributed by atoms with Crippen LogP contribution in [0.15, 0.2) is 22.6 Å². The molecule has 2 aromatic rings. The van der Waals surface area contributed by atoms with Crippen LogP contribution < -0.4 is 14.8 Å². The van der Waals surface area contributed by atoms with Crippen molar-refractivity contribution in [2.75, 3.05) is 13.7 Å². The summed E-state index contributed by atoms with van der Waals surface area (Å²) in [5.74, 6) is -1.16. The van der Waals surface area contributed by atoms with E-state index in [-0.39, 0.29) is 47.3 Å². The largest absolute Gasteiger partial charge is 0.493 e. The SMILES string of the molecule is CCOc1cc(C(=O)NCc2cc(C(=O)O)c(C)o2)c([N+](=O)[O-])cc1OC. The average Bonchev–Trinajstić information content (AvgIpc) is 3.00. The molecule has 0 unspecified atom stereocenters. The predicted molar refractivity (Wildman–Crippen MR) is 92.4 cm³/mol. The van der Waals surface area contributed by atoms with Crippen LogP contribution in [0.2, 0.25) is 0 Å². The molecule has 0 aliphatic carbocycles. The molecule has 144 valence electrons. The molecule has 0 aliphatic heterocycles. The second-order valence-electron chi connectivity index (χ2n) is 5.38. The maximum Gasteiger partial charge on any atom is 0.339 e. The van der Waals surface area contributed by atoms with Gasteiger partial charge < -0.3 is 24.3 Å². The number of nitro benzene ring substituents is 1. The van der Waals surface area contributed by atoms with Crippen molar-refractivity contribution in [1.82, 2.24) is 5.32 Å². The number of hydrogen-bond donors (Lipinski definition) is 2. The summed E-state index contributed by atoms with van der Waals surface area (Å²) >= 11 is 0. The third-order valence-electron chi connectivity index (χ3n) is 3.65. The van der Waals surface area contributed by atoms with E-state index in [0.29, 0.717) is 0 Å². The first kappa shape index (κ1) is 19.8. The molecule has 0 radical (unpaired) electrons. The molecule has 10 heteroatoms. The maximum atomic E-state index is 12.5. The molecule has 10 nitrogen and oxygen atoms in total. The molecule has 1 heterocycles. The second kappa shape index (κ2) is 8.21. The Bertz CT molecular complexity index is 887. The highest BCUT2D eigenvalue weighted by molar-refractivity contribution is 5.99. The monoisotopic (exact) mass is 378 g/mol. The van der Waals surface area contributed by atoms with Crippen LogP contribution in [0.3, 0.4) is 0 Å². The first-order valence-corrected chi connectivity index (χ1v) is 7.88. The summed E-state index contributed by atoms with van der Waals surface area (Å²) in [5.41, 5.74) is -0.686. The van der Waals surface area contributed by atoms with E-state index in [1.807, 2.05) is 0 Å². The van der Waals surface area contributed by atoms with Crippen LogP contribution in [0.25, 0.3) is 0 Å². The van der Waals surface area contributed by atoms with E-state index >= 15 is 0 Å². The van der Waals surface area contributed by atoms with Crippen molar-refractivity contribution in [3.05, 3.63) is 51.0 Å². The molecule has 2 rings (SSSR count). The van der Waals surface area contributed by atoms with Crippen LogP contribution >= 0.6 is 0 Å². The summed E-state index contributed by atoms with van der Waals surface area (Å²) in [6.07, 6.45) is 0. The first-order chi connectivity index (χ1) is 12.8. The number of carbonyl (C=O) groups is 2. The lowest BCUT2D eigenvalue weighted by Crippen LogP contribution is -2.23. The van der Waals surface area contributed by atoms with Gasteiger partial charge in [0.05, 0.1) is 31.3 Å². The number of nitrogens with one attached hydrogen (secondary N) is 1. The summed E-state index contributed by atoms with van der Waals surface area (Å²) in [5, 5.41) is 22.8. The normalized spacial score (nSPS) is 10.3. The topological polar surface area (TPSA) is 141 Å². The van der Waals surface area contributed by atoms with E-state index < -0.39 is 22.5 Å². The molecule has 2 N–H and O–H groups in total. The lowest BCUT2D eigenvalue weighted by atomic mass is 10.1. The minimum atomic E-state index is -1.15. The van der Waals surface area contributed by atoms with Gasteiger partial charge in [-0.2, -0.15) is 0 Å². The van der Waals surface area contributed by atoms with Gasteiger partial charge in [-0.05, 0) is 19.9 Å². The third-order valence-corrected chi connectivity index (χ3v) is 3.65. The van der Waals surface area contributed by atoms with Crippen LogP contribution in [0.4, 0.5) is 5.69 Å². The van der Waals surface area contributed by atoms with Gasteiger partial charge in [-0.15, -0.1) is 0 Å². The van der Waals surface area contributed by atoms with Crippen molar-refractivity contribution >= 4 is 17.6 Å². The highest BCUT2D eigenvalue weighted by Crippen LogP contribution is 2.34. The molecule has 1 amide bonds. The zero-order valence-electron chi connectivity index (χ0n) is 14.9. The Morgan fingerprint density at radius 1 is 1.26 bits per heavy atom. The smallest absolute Gasteiger partial charge is 0.339 e. The number of hydrogen-bond acceptors (Lipinski definition) is 7. The number of carboxylic acids is 1. The fraction of sp³-hybridized carbons (Fsp3) is 0.294. The van der Waals surface area contributed by atoms with E-state index in [0.717, 1.165) is 6.07 Å². The molecule has 1 aromatic heterocycles. The number of methoxy groups -OCH3 is 1. The van der Waals surface area contributed by atoms with Crippen molar-refractivity contribution in [3.8, 4) is 11.5 Å². The number of nitrogens with zero attached hydrogens (tertiary/aromatic N) is 1. The third kappa shape index (κ3) is 4.35. The van der Waals surface area contributed by atoms with Gasteiger partial charge in [-0.1, -0.05) is 0 Å². The number of carboxylic acid groups (broad SMARTS) is 1. The van der Waals surface area contributed by atoms with Gasteiger partial charge in [0.25, 0.3) is 11.6 Å². The fourth-order valence-electron chi connectivity index (χ4n) is 2.42. The average molecular weight is 378 g/mol. The molecule has 27 heavy (non-hydrogen) atoms. The van der Waals surface area contributed by atoms with E-state index in [1.165, 1.54) is 26.2 Å². The van der Waals surface area contributed by atoms with Crippen LogP contribution in [-0.2, 0) is 6.54 Å². The molecule has 0 atom stereocenters. The van der Waals surface area contributed by atoms with Gasteiger partial charge >= 0.3 is 5.97 Å². The van der Waals surface area contributed by atoms with Crippen LogP contribution in [0.5, 0.6) is 11.5 Å². The Balaban J connectivity index is 2.28. The lowest BCUT2D eigenvalue weighted by molar-refractivity contribution is -0.385. The summed E-state index contributed by atoms with van der Waals surface area (Å²) in [4.78, 5) is 34.1. The Labute approximate surface area is 153 Å². The van der Waals surface area contributed by atoms with Crippen molar-refractivity contribution in [2.24, 2.45) is 0 Å². The molecule has 0 spiro atoms. The molecular formula is C17H18N2O8. The lowest BCUT2D eigenvalue weighted by Gasteiger charge is -2.11. The zero-order valence-corrected chi connectivity index (χ0v) is 14.9. The van der Waals surface area contributed by atoms with Gasteiger partial charge in [0.2, 0.25) is 0 Å². The maximum absolute atomic E-state index is 12.5. The van der Waals surface area contributed by atoms with Crippen molar-refractivity contribution in [3.63, 3.8) is 0 Å². The summed E-state index contributed by atoms with van der Waals surface area (Å²) in [6, 6.07) is 3.62.